The Balaban J connectivity index is 2.86. The highest BCUT2D eigenvalue weighted by atomic mass is 19.1. The van der Waals surface area contributed by atoms with Crippen LogP contribution in [0.25, 0.3) is 0 Å². The number of unbranched alkanes of at least 4 members (excludes halogenated alkanes) is 1. The number of hydrogen-bond donors (Lipinski definition) is 1. The monoisotopic (exact) mass is 227 g/mol. The SMILES string of the molecule is COc1ccc(CCCCN)c(F)c1OC. The smallest absolute Gasteiger partial charge is 0.197 e. The lowest BCUT2D eigenvalue weighted by Gasteiger charge is -2.11. The lowest BCUT2D eigenvalue weighted by molar-refractivity contribution is 0.336. The van der Waals surface area contributed by atoms with Crippen molar-refractivity contribution in [1.82, 2.24) is 0 Å². The van der Waals surface area contributed by atoms with Crippen molar-refractivity contribution in [3.63, 3.8) is 0 Å². The average Bonchev–Trinajstić information content (AvgIpc) is 2.31. The molecule has 16 heavy (non-hydrogen) atoms. The van der Waals surface area contributed by atoms with Crippen LogP contribution in [0.2, 0.25) is 0 Å². The van der Waals surface area contributed by atoms with Crippen LogP contribution in [-0.4, -0.2) is 20.8 Å². The first-order chi connectivity index (χ1) is 7.74. The van der Waals surface area contributed by atoms with E-state index in [-0.39, 0.29) is 11.6 Å². The molecule has 0 atom stereocenters. The number of halogens is 1. The molecule has 0 amide bonds. The van der Waals surface area contributed by atoms with Gasteiger partial charge in [-0.1, -0.05) is 6.07 Å². The van der Waals surface area contributed by atoms with Gasteiger partial charge in [-0.2, -0.15) is 0 Å². The number of benzene rings is 1. The van der Waals surface area contributed by atoms with E-state index in [1.165, 1.54) is 14.2 Å². The van der Waals surface area contributed by atoms with Crippen molar-refractivity contribution in [3.05, 3.63) is 23.5 Å². The quantitative estimate of drug-likeness (QED) is 0.757. The minimum atomic E-state index is -0.334. The van der Waals surface area contributed by atoms with Gasteiger partial charge in [0, 0.05) is 0 Å². The van der Waals surface area contributed by atoms with Crippen LogP contribution in [-0.2, 0) is 6.42 Å². The Bertz CT molecular complexity index is 342. The van der Waals surface area contributed by atoms with Crippen LogP contribution in [0.1, 0.15) is 18.4 Å². The lowest BCUT2D eigenvalue weighted by atomic mass is 10.1. The summed E-state index contributed by atoms with van der Waals surface area (Å²) >= 11 is 0. The van der Waals surface area contributed by atoms with E-state index in [0.29, 0.717) is 24.3 Å². The fourth-order valence-electron chi connectivity index (χ4n) is 1.58. The van der Waals surface area contributed by atoms with Crippen molar-refractivity contribution >= 4 is 0 Å². The second kappa shape index (κ2) is 6.33. The molecule has 0 unspecified atom stereocenters. The van der Waals surface area contributed by atoms with Gasteiger partial charge in [-0.15, -0.1) is 0 Å². The third-order valence-electron chi connectivity index (χ3n) is 2.47. The highest BCUT2D eigenvalue weighted by Crippen LogP contribution is 2.32. The Morgan fingerprint density at radius 2 is 1.94 bits per heavy atom. The second-order valence-electron chi connectivity index (χ2n) is 3.52. The Morgan fingerprint density at radius 3 is 2.50 bits per heavy atom. The maximum Gasteiger partial charge on any atom is 0.197 e. The van der Waals surface area contributed by atoms with Gasteiger partial charge >= 0.3 is 0 Å². The molecule has 1 aromatic carbocycles. The molecule has 0 aliphatic heterocycles. The molecule has 0 aliphatic carbocycles. The number of ether oxygens (including phenoxy) is 2. The molecule has 0 aromatic heterocycles. The molecule has 3 nitrogen and oxygen atoms in total. The highest BCUT2D eigenvalue weighted by Gasteiger charge is 2.14. The number of aryl methyl sites for hydroxylation is 1. The van der Waals surface area contributed by atoms with Crippen molar-refractivity contribution in [2.24, 2.45) is 5.73 Å². The van der Waals surface area contributed by atoms with Gasteiger partial charge in [-0.05, 0) is 37.4 Å². The molecule has 0 heterocycles. The number of hydrogen-bond acceptors (Lipinski definition) is 3. The Morgan fingerprint density at radius 1 is 1.19 bits per heavy atom. The molecule has 0 aliphatic rings. The summed E-state index contributed by atoms with van der Waals surface area (Å²) in [4.78, 5) is 0. The van der Waals surface area contributed by atoms with Crippen molar-refractivity contribution in [2.45, 2.75) is 19.3 Å². The molecule has 0 fully saturated rings. The molecule has 0 spiro atoms. The summed E-state index contributed by atoms with van der Waals surface area (Å²) in [5.74, 6) is 0.259. The summed E-state index contributed by atoms with van der Waals surface area (Å²) in [5, 5.41) is 0. The lowest BCUT2D eigenvalue weighted by Crippen LogP contribution is -2.01. The van der Waals surface area contributed by atoms with Crippen LogP contribution >= 0.6 is 0 Å². The summed E-state index contributed by atoms with van der Waals surface area (Å²) in [6.45, 7) is 0.634. The van der Waals surface area contributed by atoms with Crippen LogP contribution in [0.3, 0.4) is 0 Å². The summed E-state index contributed by atoms with van der Waals surface area (Å²) < 4.78 is 23.9. The van der Waals surface area contributed by atoms with Gasteiger partial charge in [0.1, 0.15) is 0 Å². The van der Waals surface area contributed by atoms with Crippen molar-refractivity contribution in [1.29, 1.82) is 0 Å². The summed E-state index contributed by atoms with van der Waals surface area (Å²) in [6, 6.07) is 3.45. The molecule has 0 bridgehead atoms. The van der Waals surface area contributed by atoms with Gasteiger partial charge in [0.05, 0.1) is 14.2 Å². The number of nitrogens with two attached hydrogens (primary N) is 1. The first-order valence-corrected chi connectivity index (χ1v) is 5.34. The average molecular weight is 227 g/mol. The first-order valence-electron chi connectivity index (χ1n) is 5.34. The molecule has 90 valence electrons. The molecular formula is C12H18FNO2. The molecule has 0 radical (unpaired) electrons. The van der Waals surface area contributed by atoms with E-state index in [4.69, 9.17) is 15.2 Å². The van der Waals surface area contributed by atoms with Gasteiger partial charge in [0.25, 0.3) is 0 Å². The second-order valence-corrected chi connectivity index (χ2v) is 3.52. The molecule has 2 N–H and O–H groups in total. The van der Waals surface area contributed by atoms with Crippen molar-refractivity contribution < 1.29 is 13.9 Å². The van der Waals surface area contributed by atoms with E-state index < -0.39 is 0 Å². The van der Waals surface area contributed by atoms with Crippen LogP contribution in [0.5, 0.6) is 11.5 Å². The minimum Gasteiger partial charge on any atom is -0.493 e. The molecule has 4 heteroatoms. The fourth-order valence-corrected chi connectivity index (χ4v) is 1.58. The summed E-state index contributed by atoms with van der Waals surface area (Å²) in [7, 11) is 2.93. The van der Waals surface area contributed by atoms with Gasteiger partial charge in [0.15, 0.2) is 17.3 Å². The maximum absolute atomic E-state index is 13.9. The van der Waals surface area contributed by atoms with E-state index in [2.05, 4.69) is 0 Å². The Kier molecular flexibility index (Phi) is 5.05. The fraction of sp³-hybridized carbons (Fsp3) is 0.500. The van der Waals surface area contributed by atoms with E-state index in [0.717, 1.165) is 12.8 Å². The molecular weight excluding hydrogens is 209 g/mol. The predicted molar refractivity (Wildman–Crippen MR) is 61.5 cm³/mol. The van der Waals surface area contributed by atoms with E-state index in [1.54, 1.807) is 12.1 Å². The zero-order chi connectivity index (χ0) is 12.0. The topological polar surface area (TPSA) is 44.5 Å². The number of methoxy groups -OCH3 is 2. The van der Waals surface area contributed by atoms with Gasteiger partial charge in [0.2, 0.25) is 0 Å². The molecule has 1 aromatic rings. The Hall–Kier alpha value is -1.29. The number of rotatable bonds is 6. The predicted octanol–water partition coefficient (Wildman–Crippen LogP) is 2.12. The maximum atomic E-state index is 13.9. The first kappa shape index (κ1) is 12.8. The van der Waals surface area contributed by atoms with Crippen LogP contribution in [0.4, 0.5) is 4.39 Å². The van der Waals surface area contributed by atoms with Gasteiger partial charge in [-0.3, -0.25) is 0 Å². The van der Waals surface area contributed by atoms with E-state index >= 15 is 0 Å². The molecule has 0 saturated carbocycles. The normalized spacial score (nSPS) is 10.2. The van der Waals surface area contributed by atoms with E-state index in [1.807, 2.05) is 0 Å². The van der Waals surface area contributed by atoms with Gasteiger partial charge < -0.3 is 15.2 Å². The van der Waals surface area contributed by atoms with Crippen molar-refractivity contribution in [2.75, 3.05) is 20.8 Å². The Labute approximate surface area is 95.4 Å². The standard InChI is InChI=1S/C12H18FNO2/c1-15-10-7-6-9(5-3-4-8-14)11(13)12(10)16-2/h6-7H,3-5,8,14H2,1-2H3. The van der Waals surface area contributed by atoms with Crippen LogP contribution < -0.4 is 15.2 Å². The van der Waals surface area contributed by atoms with Gasteiger partial charge in [-0.25, -0.2) is 4.39 Å². The van der Waals surface area contributed by atoms with E-state index in [9.17, 15) is 4.39 Å². The molecule has 0 saturated heterocycles. The van der Waals surface area contributed by atoms with Crippen LogP contribution in [0, 0.1) is 5.82 Å². The molecule has 1 rings (SSSR count). The zero-order valence-electron chi connectivity index (χ0n) is 9.75. The summed E-state index contributed by atoms with van der Waals surface area (Å²) in [5.41, 5.74) is 6.04. The zero-order valence-corrected chi connectivity index (χ0v) is 9.75. The largest absolute Gasteiger partial charge is 0.493 e. The third-order valence-corrected chi connectivity index (χ3v) is 2.47. The minimum absolute atomic E-state index is 0.174. The summed E-state index contributed by atoms with van der Waals surface area (Å²) in [6.07, 6.45) is 2.44. The highest BCUT2D eigenvalue weighted by molar-refractivity contribution is 5.44. The van der Waals surface area contributed by atoms with Crippen molar-refractivity contribution in [3.8, 4) is 11.5 Å². The van der Waals surface area contributed by atoms with Crippen LogP contribution in [0.15, 0.2) is 12.1 Å². The third kappa shape index (κ3) is 2.85.